The Hall–Kier alpha value is -0.770. The number of hydrogen-bond acceptors (Lipinski definition) is 1. The number of nitrogens with zero attached hydrogens (tertiary/aromatic N) is 1. The molecule has 0 aromatic carbocycles. The molecule has 2 fully saturated rings. The second-order valence-electron chi connectivity index (χ2n) is 6.70. The molecule has 0 aliphatic heterocycles. The fourth-order valence-corrected chi connectivity index (χ4v) is 4.58. The Morgan fingerprint density at radius 1 is 1.35 bits per heavy atom. The minimum absolute atomic E-state index is 0.210. The van der Waals surface area contributed by atoms with E-state index < -0.39 is 0 Å². The van der Waals surface area contributed by atoms with Crippen molar-refractivity contribution in [1.29, 1.82) is 5.26 Å². The number of nitriles is 1. The van der Waals surface area contributed by atoms with Gasteiger partial charge in [0.2, 0.25) is 0 Å². The van der Waals surface area contributed by atoms with E-state index in [9.17, 15) is 5.26 Å². The molecule has 1 heteroatoms. The maximum Gasteiger partial charge on any atom is 0.0665 e. The van der Waals surface area contributed by atoms with Gasteiger partial charge in [-0.05, 0) is 49.4 Å². The van der Waals surface area contributed by atoms with Crippen molar-refractivity contribution >= 4 is 0 Å². The first-order valence-electron chi connectivity index (χ1n) is 7.04. The van der Waals surface area contributed by atoms with Crippen molar-refractivity contribution in [2.75, 3.05) is 0 Å². The van der Waals surface area contributed by atoms with Crippen molar-refractivity contribution in [1.82, 2.24) is 0 Å². The van der Waals surface area contributed by atoms with Crippen LogP contribution in [0.3, 0.4) is 0 Å². The zero-order valence-electron chi connectivity index (χ0n) is 11.5. The number of fused-ring (bicyclic) bond motifs is 1. The van der Waals surface area contributed by atoms with Crippen molar-refractivity contribution in [3.63, 3.8) is 0 Å². The lowest BCUT2D eigenvalue weighted by Crippen LogP contribution is -2.46. The van der Waals surface area contributed by atoms with Gasteiger partial charge in [-0.1, -0.05) is 38.8 Å². The predicted octanol–water partition coefficient (Wildman–Crippen LogP) is 4.55. The molecule has 1 nitrogen and oxygen atoms in total. The van der Waals surface area contributed by atoms with Gasteiger partial charge in [0.25, 0.3) is 0 Å². The Morgan fingerprint density at radius 3 is 2.65 bits per heavy atom. The van der Waals surface area contributed by atoms with Crippen molar-refractivity contribution in [3.8, 4) is 6.07 Å². The minimum atomic E-state index is 0.210. The highest BCUT2D eigenvalue weighted by Gasteiger charge is 2.50. The van der Waals surface area contributed by atoms with E-state index in [-0.39, 0.29) is 5.92 Å². The van der Waals surface area contributed by atoms with E-state index in [4.69, 9.17) is 0 Å². The van der Waals surface area contributed by atoms with Gasteiger partial charge < -0.3 is 0 Å². The van der Waals surface area contributed by atoms with Gasteiger partial charge in [0.15, 0.2) is 0 Å². The van der Waals surface area contributed by atoms with Crippen LogP contribution in [0.25, 0.3) is 0 Å². The predicted molar refractivity (Wildman–Crippen MR) is 71.3 cm³/mol. The summed E-state index contributed by atoms with van der Waals surface area (Å²) in [5, 5.41) is 9.59. The van der Waals surface area contributed by atoms with Gasteiger partial charge >= 0.3 is 0 Å². The van der Waals surface area contributed by atoms with Gasteiger partial charge in [-0.25, -0.2) is 0 Å². The second kappa shape index (κ2) is 4.48. The molecule has 2 rings (SSSR count). The third-order valence-electron chi connectivity index (χ3n) is 5.45. The van der Waals surface area contributed by atoms with Gasteiger partial charge in [-0.3, -0.25) is 0 Å². The summed E-state index contributed by atoms with van der Waals surface area (Å²) in [6, 6.07) is 2.63. The highest BCUT2D eigenvalue weighted by molar-refractivity contribution is 5.13. The topological polar surface area (TPSA) is 23.8 Å². The largest absolute Gasteiger partial charge is 0.198 e. The molecule has 0 heterocycles. The molecule has 2 saturated carbocycles. The van der Waals surface area contributed by atoms with Crippen LogP contribution in [0.1, 0.15) is 52.9 Å². The molecule has 0 amide bonds. The van der Waals surface area contributed by atoms with Crippen LogP contribution in [0.4, 0.5) is 0 Å². The van der Waals surface area contributed by atoms with Crippen LogP contribution in [0.5, 0.6) is 0 Å². The molecule has 0 aromatic rings. The summed E-state index contributed by atoms with van der Waals surface area (Å²) in [6.07, 6.45) is 6.44. The summed E-state index contributed by atoms with van der Waals surface area (Å²) in [5.41, 5.74) is 1.64. The molecule has 2 aliphatic carbocycles. The van der Waals surface area contributed by atoms with Gasteiger partial charge in [-0.2, -0.15) is 5.26 Å². The smallest absolute Gasteiger partial charge is 0.0665 e. The molecule has 0 unspecified atom stereocenters. The first kappa shape index (κ1) is 12.7. The molecule has 5 atom stereocenters. The molecule has 94 valence electrons. The quantitative estimate of drug-likeness (QED) is 0.607. The normalized spacial score (nSPS) is 45.8. The van der Waals surface area contributed by atoms with E-state index in [0.29, 0.717) is 23.2 Å². The first-order valence-corrected chi connectivity index (χ1v) is 7.04. The van der Waals surface area contributed by atoms with E-state index in [0.717, 1.165) is 0 Å². The van der Waals surface area contributed by atoms with Crippen LogP contribution in [-0.4, -0.2) is 0 Å². The molecule has 0 N–H and O–H groups in total. The van der Waals surface area contributed by atoms with Crippen LogP contribution in [-0.2, 0) is 0 Å². The monoisotopic (exact) mass is 231 g/mol. The Labute approximate surface area is 106 Å². The van der Waals surface area contributed by atoms with Gasteiger partial charge in [0, 0.05) is 0 Å². The highest BCUT2D eigenvalue weighted by Crippen LogP contribution is 2.57. The third kappa shape index (κ3) is 2.03. The number of allylic oxidation sites excluding steroid dienone is 1. The molecule has 2 aliphatic rings. The second-order valence-corrected chi connectivity index (χ2v) is 6.70. The Kier molecular flexibility index (Phi) is 3.34. The summed E-state index contributed by atoms with van der Waals surface area (Å²) < 4.78 is 0. The lowest BCUT2D eigenvalue weighted by molar-refractivity contribution is -0.0217. The highest BCUT2D eigenvalue weighted by atomic mass is 14.5. The van der Waals surface area contributed by atoms with Crippen LogP contribution in [0.15, 0.2) is 12.2 Å². The number of hydrogen-bond donors (Lipinski definition) is 0. The zero-order valence-corrected chi connectivity index (χ0v) is 11.5. The van der Waals surface area contributed by atoms with E-state index in [1.807, 2.05) is 0 Å². The summed E-state index contributed by atoms with van der Waals surface area (Å²) in [5.74, 6) is 1.96. The van der Waals surface area contributed by atoms with Gasteiger partial charge in [0.1, 0.15) is 0 Å². The minimum Gasteiger partial charge on any atom is -0.198 e. The van der Waals surface area contributed by atoms with Crippen LogP contribution in [0, 0.1) is 40.4 Å². The molecule has 0 bridgehead atoms. The third-order valence-corrected chi connectivity index (χ3v) is 5.45. The standard InChI is InChI=1S/C16H25N/c1-11(2)13-7-9-16(4)8-5-6-12(3)15(16)14(13)10-17/h12-15H,1,5-9H2,2-4H3/t12-,13+,14+,15-,16-/m1/s1. The average Bonchev–Trinajstić information content (AvgIpc) is 2.26. The average molecular weight is 231 g/mol. The lowest BCUT2D eigenvalue weighted by Gasteiger charge is -2.53. The van der Waals surface area contributed by atoms with Crippen molar-refractivity contribution in [2.24, 2.45) is 29.1 Å². The Balaban J connectivity index is 2.32. The summed E-state index contributed by atoms with van der Waals surface area (Å²) in [6.45, 7) is 11.0. The van der Waals surface area contributed by atoms with Crippen LogP contribution < -0.4 is 0 Å². The Bertz CT molecular complexity index is 351. The zero-order chi connectivity index (χ0) is 12.6. The molecule has 0 saturated heterocycles. The van der Waals surface area contributed by atoms with Gasteiger partial charge in [0.05, 0.1) is 12.0 Å². The number of rotatable bonds is 1. The maximum atomic E-state index is 9.59. The summed E-state index contributed by atoms with van der Waals surface area (Å²) in [7, 11) is 0. The molecular formula is C16H25N. The SMILES string of the molecule is C=C(C)[C@@H]1CC[C@@]2(C)CCC[C@@H](C)[C@@H]2[C@H]1C#N. The molecular weight excluding hydrogens is 206 g/mol. The lowest BCUT2D eigenvalue weighted by atomic mass is 9.51. The van der Waals surface area contributed by atoms with Crippen LogP contribution >= 0.6 is 0 Å². The Morgan fingerprint density at radius 2 is 2.06 bits per heavy atom. The van der Waals surface area contributed by atoms with Gasteiger partial charge in [-0.15, -0.1) is 0 Å². The van der Waals surface area contributed by atoms with E-state index >= 15 is 0 Å². The van der Waals surface area contributed by atoms with Crippen molar-refractivity contribution in [3.05, 3.63) is 12.2 Å². The van der Waals surface area contributed by atoms with E-state index in [1.54, 1.807) is 0 Å². The molecule has 0 radical (unpaired) electrons. The van der Waals surface area contributed by atoms with E-state index in [2.05, 4.69) is 33.4 Å². The summed E-state index contributed by atoms with van der Waals surface area (Å²) in [4.78, 5) is 0. The molecule has 0 spiro atoms. The van der Waals surface area contributed by atoms with E-state index in [1.165, 1.54) is 37.7 Å². The maximum absolute atomic E-state index is 9.59. The fourth-order valence-electron chi connectivity index (χ4n) is 4.58. The van der Waals surface area contributed by atoms with Crippen molar-refractivity contribution in [2.45, 2.75) is 52.9 Å². The molecule has 0 aromatic heterocycles. The van der Waals surface area contributed by atoms with Crippen molar-refractivity contribution < 1.29 is 0 Å². The van der Waals surface area contributed by atoms with Crippen LogP contribution in [0.2, 0.25) is 0 Å². The first-order chi connectivity index (χ1) is 7.99. The summed E-state index contributed by atoms with van der Waals surface area (Å²) >= 11 is 0. The fraction of sp³-hybridized carbons (Fsp3) is 0.812. The molecule has 17 heavy (non-hydrogen) atoms.